The Kier molecular flexibility index (Phi) is 3.98. The maximum atomic E-state index is 11.7. The summed E-state index contributed by atoms with van der Waals surface area (Å²) in [5, 5.41) is 17.4. The second kappa shape index (κ2) is 5.25. The molecule has 0 atom stereocenters. The van der Waals surface area contributed by atoms with Gasteiger partial charge in [-0.25, -0.2) is 4.79 Å². The molecule has 0 amide bonds. The van der Waals surface area contributed by atoms with E-state index >= 15 is 0 Å². The molecule has 0 radical (unpaired) electrons. The van der Waals surface area contributed by atoms with Crippen LogP contribution >= 0.6 is 0 Å². The number of carboxylic acids is 2. The molecule has 0 aromatic heterocycles. The zero-order valence-electron chi connectivity index (χ0n) is 9.27. The van der Waals surface area contributed by atoms with Gasteiger partial charge >= 0.3 is 11.9 Å². The van der Waals surface area contributed by atoms with Gasteiger partial charge in [0.15, 0.2) is 5.78 Å². The molecule has 0 spiro atoms. The summed E-state index contributed by atoms with van der Waals surface area (Å²) in [6, 6.07) is 4.41. The second-order valence-corrected chi connectivity index (χ2v) is 3.67. The van der Waals surface area contributed by atoms with Gasteiger partial charge < -0.3 is 10.2 Å². The van der Waals surface area contributed by atoms with Gasteiger partial charge in [-0.2, -0.15) is 0 Å². The molecule has 1 aromatic rings. The molecule has 1 aromatic carbocycles. The van der Waals surface area contributed by atoms with E-state index in [1.165, 1.54) is 12.1 Å². The van der Waals surface area contributed by atoms with Crippen LogP contribution in [-0.4, -0.2) is 27.9 Å². The Morgan fingerprint density at radius 2 is 1.71 bits per heavy atom. The van der Waals surface area contributed by atoms with Crippen LogP contribution in [0, 0.1) is 6.92 Å². The van der Waals surface area contributed by atoms with E-state index in [4.69, 9.17) is 10.2 Å². The molecule has 0 aliphatic rings. The number of hydrogen-bond acceptors (Lipinski definition) is 3. The van der Waals surface area contributed by atoms with E-state index in [2.05, 4.69) is 0 Å². The molecule has 0 bridgehead atoms. The van der Waals surface area contributed by atoms with E-state index in [1.54, 1.807) is 13.0 Å². The summed E-state index contributed by atoms with van der Waals surface area (Å²) in [5.41, 5.74) is 0.735. The van der Waals surface area contributed by atoms with E-state index in [9.17, 15) is 14.4 Å². The van der Waals surface area contributed by atoms with Crippen molar-refractivity contribution in [3.8, 4) is 0 Å². The van der Waals surface area contributed by atoms with Crippen LogP contribution in [0.25, 0.3) is 0 Å². The van der Waals surface area contributed by atoms with Crippen molar-refractivity contribution in [2.45, 2.75) is 19.8 Å². The van der Waals surface area contributed by atoms with Gasteiger partial charge in [0.05, 0.1) is 12.0 Å². The molecule has 0 unspecified atom stereocenters. The maximum Gasteiger partial charge on any atom is 0.336 e. The number of aliphatic carboxylic acids is 1. The van der Waals surface area contributed by atoms with Crippen molar-refractivity contribution in [3.63, 3.8) is 0 Å². The number of aromatic carboxylic acids is 1. The van der Waals surface area contributed by atoms with Crippen molar-refractivity contribution in [1.82, 2.24) is 0 Å². The van der Waals surface area contributed by atoms with Crippen LogP contribution in [0.3, 0.4) is 0 Å². The molecule has 0 saturated heterocycles. The highest BCUT2D eigenvalue weighted by Crippen LogP contribution is 2.15. The lowest BCUT2D eigenvalue weighted by Gasteiger charge is -2.05. The molecule has 5 nitrogen and oxygen atoms in total. The number of carboxylic acid groups (broad SMARTS) is 2. The third-order valence-electron chi connectivity index (χ3n) is 2.27. The Hall–Kier alpha value is -2.17. The molecular weight excluding hydrogens is 224 g/mol. The molecule has 1 rings (SSSR count). The molecule has 2 N–H and O–H groups in total. The largest absolute Gasteiger partial charge is 0.481 e. The Labute approximate surface area is 97.7 Å². The highest BCUT2D eigenvalue weighted by molar-refractivity contribution is 6.06. The van der Waals surface area contributed by atoms with Crippen LogP contribution in [0.4, 0.5) is 0 Å². The van der Waals surface area contributed by atoms with Crippen LogP contribution in [-0.2, 0) is 4.79 Å². The molecule has 0 saturated carbocycles. The average Bonchev–Trinajstić information content (AvgIpc) is 2.25. The lowest BCUT2D eigenvalue weighted by molar-refractivity contribution is -0.136. The van der Waals surface area contributed by atoms with E-state index in [1.807, 2.05) is 0 Å². The van der Waals surface area contributed by atoms with Gasteiger partial charge in [0.1, 0.15) is 0 Å². The molecule has 0 fully saturated rings. The van der Waals surface area contributed by atoms with E-state index in [0.29, 0.717) is 0 Å². The first kappa shape index (κ1) is 12.9. The summed E-state index contributed by atoms with van der Waals surface area (Å²) in [5.74, 6) is -2.74. The first-order valence-corrected chi connectivity index (χ1v) is 5.00. The zero-order chi connectivity index (χ0) is 13.0. The molecule has 90 valence electrons. The number of benzene rings is 1. The lowest BCUT2D eigenvalue weighted by Crippen LogP contribution is -2.10. The molecule has 5 heteroatoms. The topological polar surface area (TPSA) is 91.7 Å². The monoisotopic (exact) mass is 236 g/mol. The standard InChI is InChI=1S/C12H12O5/c1-7-2-3-8(12(16)17)9(6-7)10(13)4-5-11(14)15/h2-3,6H,4-5H2,1H3,(H,14,15)(H,16,17). The van der Waals surface area contributed by atoms with Gasteiger partial charge in [-0.1, -0.05) is 11.6 Å². The smallest absolute Gasteiger partial charge is 0.336 e. The van der Waals surface area contributed by atoms with Gasteiger partial charge in [0, 0.05) is 12.0 Å². The van der Waals surface area contributed by atoms with E-state index < -0.39 is 17.7 Å². The van der Waals surface area contributed by atoms with Crippen molar-refractivity contribution in [3.05, 3.63) is 34.9 Å². The summed E-state index contributed by atoms with van der Waals surface area (Å²) in [6.45, 7) is 1.74. The number of Topliss-reactive ketones (excluding diaryl/α,β-unsaturated/α-hetero) is 1. The van der Waals surface area contributed by atoms with Gasteiger partial charge in [-0.05, 0) is 19.1 Å². The molecular formula is C12H12O5. The first-order chi connectivity index (χ1) is 7.91. The number of carbonyl (C=O) groups excluding carboxylic acids is 1. The zero-order valence-corrected chi connectivity index (χ0v) is 9.27. The highest BCUT2D eigenvalue weighted by Gasteiger charge is 2.17. The number of aryl methyl sites for hydroxylation is 1. The van der Waals surface area contributed by atoms with Gasteiger partial charge in [0.2, 0.25) is 0 Å². The van der Waals surface area contributed by atoms with Crippen LogP contribution in [0.5, 0.6) is 0 Å². The van der Waals surface area contributed by atoms with Crippen LogP contribution in [0.15, 0.2) is 18.2 Å². The summed E-state index contributed by atoms with van der Waals surface area (Å²) in [6.07, 6.45) is -0.495. The maximum absolute atomic E-state index is 11.7. The molecule has 0 heterocycles. The van der Waals surface area contributed by atoms with Crippen molar-refractivity contribution in [2.75, 3.05) is 0 Å². The van der Waals surface area contributed by atoms with Crippen LogP contribution in [0.2, 0.25) is 0 Å². The summed E-state index contributed by atoms with van der Waals surface area (Å²) < 4.78 is 0. The van der Waals surface area contributed by atoms with Crippen molar-refractivity contribution in [1.29, 1.82) is 0 Å². The second-order valence-electron chi connectivity index (χ2n) is 3.67. The number of carbonyl (C=O) groups is 3. The first-order valence-electron chi connectivity index (χ1n) is 5.00. The summed E-state index contributed by atoms with van der Waals surface area (Å²) >= 11 is 0. The van der Waals surface area contributed by atoms with E-state index in [0.717, 1.165) is 5.56 Å². The molecule has 0 aliphatic carbocycles. The van der Waals surface area contributed by atoms with E-state index in [-0.39, 0.29) is 24.0 Å². The minimum Gasteiger partial charge on any atom is -0.481 e. The minimum absolute atomic E-state index is 0.0683. The Bertz CT molecular complexity index is 476. The Morgan fingerprint density at radius 1 is 1.06 bits per heavy atom. The van der Waals surface area contributed by atoms with Crippen molar-refractivity contribution < 1.29 is 24.6 Å². The fourth-order valence-electron chi connectivity index (χ4n) is 1.43. The third kappa shape index (κ3) is 3.41. The average molecular weight is 236 g/mol. The summed E-state index contributed by atoms with van der Waals surface area (Å²) in [7, 11) is 0. The minimum atomic E-state index is -1.19. The van der Waals surface area contributed by atoms with Crippen molar-refractivity contribution in [2.24, 2.45) is 0 Å². The number of ketones is 1. The lowest BCUT2D eigenvalue weighted by atomic mass is 9.98. The Morgan fingerprint density at radius 3 is 2.24 bits per heavy atom. The number of rotatable bonds is 5. The third-order valence-corrected chi connectivity index (χ3v) is 2.27. The van der Waals surface area contributed by atoms with Crippen LogP contribution < -0.4 is 0 Å². The molecule has 0 aliphatic heterocycles. The predicted octanol–water partition coefficient (Wildman–Crippen LogP) is 1.74. The van der Waals surface area contributed by atoms with Gasteiger partial charge in [-0.3, -0.25) is 9.59 Å². The van der Waals surface area contributed by atoms with Crippen LogP contribution in [0.1, 0.15) is 39.1 Å². The summed E-state index contributed by atoms with van der Waals surface area (Å²) in [4.78, 5) is 33.0. The SMILES string of the molecule is Cc1ccc(C(=O)O)c(C(=O)CCC(=O)O)c1. The quantitative estimate of drug-likeness (QED) is 0.760. The highest BCUT2D eigenvalue weighted by atomic mass is 16.4. The molecule has 17 heavy (non-hydrogen) atoms. The van der Waals surface area contributed by atoms with Crippen molar-refractivity contribution >= 4 is 17.7 Å². The predicted molar refractivity (Wildman–Crippen MR) is 59.3 cm³/mol. The Balaban J connectivity index is 3.02. The normalized spacial score (nSPS) is 9.94. The fourth-order valence-corrected chi connectivity index (χ4v) is 1.43. The fraction of sp³-hybridized carbons (Fsp3) is 0.250. The van der Waals surface area contributed by atoms with Gasteiger partial charge in [-0.15, -0.1) is 0 Å². The van der Waals surface area contributed by atoms with Gasteiger partial charge in [0.25, 0.3) is 0 Å². The number of hydrogen-bond donors (Lipinski definition) is 2.